The highest BCUT2D eigenvalue weighted by atomic mass is 35.5. The fraction of sp³-hybridized carbons (Fsp3) is 0.182. The largest absolute Gasteiger partial charge is 0.495 e. The standard InChI is InChI=1S/C11H8ClF3N2O/c1-18-9-3-2-7(6-8(9)12)17-5-4-10(16-17)11(13,14)15/h2-6H,1H3. The fourth-order valence-electron chi connectivity index (χ4n) is 1.42. The van der Waals surface area contributed by atoms with E-state index in [1.165, 1.54) is 19.4 Å². The maximum absolute atomic E-state index is 12.4. The van der Waals surface area contributed by atoms with E-state index in [1.54, 1.807) is 12.1 Å². The van der Waals surface area contributed by atoms with Crippen LogP contribution >= 0.6 is 11.6 Å². The van der Waals surface area contributed by atoms with Gasteiger partial charge in [-0.3, -0.25) is 0 Å². The summed E-state index contributed by atoms with van der Waals surface area (Å²) < 4.78 is 43.2. The highest BCUT2D eigenvalue weighted by molar-refractivity contribution is 6.32. The van der Waals surface area contributed by atoms with E-state index in [4.69, 9.17) is 16.3 Å². The van der Waals surface area contributed by atoms with E-state index < -0.39 is 11.9 Å². The Morgan fingerprint density at radius 1 is 1.28 bits per heavy atom. The molecule has 0 fully saturated rings. The number of ether oxygens (including phenoxy) is 1. The Balaban J connectivity index is 2.38. The van der Waals surface area contributed by atoms with Crippen molar-refractivity contribution in [3.63, 3.8) is 0 Å². The number of benzene rings is 1. The summed E-state index contributed by atoms with van der Waals surface area (Å²) in [6.45, 7) is 0. The molecule has 0 atom stereocenters. The molecule has 0 aliphatic heterocycles. The number of rotatable bonds is 2. The molecule has 96 valence electrons. The second-order valence-electron chi connectivity index (χ2n) is 3.46. The Labute approximate surface area is 106 Å². The maximum atomic E-state index is 12.4. The Kier molecular flexibility index (Phi) is 3.21. The minimum Gasteiger partial charge on any atom is -0.495 e. The van der Waals surface area contributed by atoms with Gasteiger partial charge in [-0.15, -0.1) is 0 Å². The molecule has 2 aromatic rings. The van der Waals surface area contributed by atoms with Crippen molar-refractivity contribution in [3.8, 4) is 11.4 Å². The smallest absolute Gasteiger partial charge is 0.435 e. The molecule has 18 heavy (non-hydrogen) atoms. The van der Waals surface area contributed by atoms with Crippen molar-refractivity contribution in [3.05, 3.63) is 41.2 Å². The van der Waals surface area contributed by atoms with Gasteiger partial charge >= 0.3 is 6.18 Å². The molecule has 0 spiro atoms. The number of halogens is 4. The van der Waals surface area contributed by atoms with Crippen LogP contribution in [0, 0.1) is 0 Å². The minimum atomic E-state index is -4.46. The third-order valence-corrected chi connectivity index (χ3v) is 2.57. The van der Waals surface area contributed by atoms with Gasteiger partial charge in [0.15, 0.2) is 5.69 Å². The first-order valence-electron chi connectivity index (χ1n) is 4.88. The van der Waals surface area contributed by atoms with E-state index in [-0.39, 0.29) is 0 Å². The summed E-state index contributed by atoms with van der Waals surface area (Å²) in [5, 5.41) is 3.75. The number of methoxy groups -OCH3 is 1. The average Bonchev–Trinajstić information content (AvgIpc) is 2.77. The second-order valence-corrected chi connectivity index (χ2v) is 3.87. The van der Waals surface area contributed by atoms with Gasteiger partial charge in [0, 0.05) is 6.20 Å². The van der Waals surface area contributed by atoms with Gasteiger partial charge in [-0.1, -0.05) is 11.6 Å². The fourth-order valence-corrected chi connectivity index (χ4v) is 1.67. The summed E-state index contributed by atoms with van der Waals surface area (Å²) in [6, 6.07) is 5.51. The number of hydrogen-bond donors (Lipinski definition) is 0. The van der Waals surface area contributed by atoms with Gasteiger partial charge in [-0.25, -0.2) is 4.68 Å². The van der Waals surface area contributed by atoms with Crippen LogP contribution in [-0.4, -0.2) is 16.9 Å². The zero-order chi connectivity index (χ0) is 13.3. The van der Waals surface area contributed by atoms with E-state index >= 15 is 0 Å². The van der Waals surface area contributed by atoms with E-state index in [0.717, 1.165) is 10.7 Å². The summed E-state index contributed by atoms with van der Waals surface area (Å²) in [5.74, 6) is 0.448. The number of hydrogen-bond acceptors (Lipinski definition) is 2. The summed E-state index contributed by atoms with van der Waals surface area (Å²) >= 11 is 5.89. The van der Waals surface area contributed by atoms with Crippen molar-refractivity contribution in [1.82, 2.24) is 9.78 Å². The van der Waals surface area contributed by atoms with E-state index in [0.29, 0.717) is 16.5 Å². The van der Waals surface area contributed by atoms with E-state index in [9.17, 15) is 13.2 Å². The quantitative estimate of drug-likeness (QED) is 0.839. The molecule has 7 heteroatoms. The molecule has 0 saturated carbocycles. The van der Waals surface area contributed by atoms with Crippen molar-refractivity contribution in [2.24, 2.45) is 0 Å². The third-order valence-electron chi connectivity index (χ3n) is 2.28. The van der Waals surface area contributed by atoms with Crippen LogP contribution in [0.3, 0.4) is 0 Å². The SMILES string of the molecule is COc1ccc(-n2ccc(C(F)(F)F)n2)cc1Cl. The predicted octanol–water partition coefficient (Wildman–Crippen LogP) is 3.55. The lowest BCUT2D eigenvalue weighted by atomic mass is 10.3. The first-order valence-corrected chi connectivity index (χ1v) is 5.26. The van der Waals surface area contributed by atoms with Gasteiger partial charge in [0.25, 0.3) is 0 Å². The van der Waals surface area contributed by atoms with Gasteiger partial charge < -0.3 is 4.74 Å². The van der Waals surface area contributed by atoms with Gasteiger partial charge in [-0.05, 0) is 24.3 Å². The van der Waals surface area contributed by atoms with Crippen molar-refractivity contribution < 1.29 is 17.9 Å². The van der Waals surface area contributed by atoms with Crippen LogP contribution in [0.25, 0.3) is 5.69 Å². The molecule has 0 unspecified atom stereocenters. The zero-order valence-corrected chi connectivity index (χ0v) is 9.96. The zero-order valence-electron chi connectivity index (χ0n) is 9.20. The van der Waals surface area contributed by atoms with Crippen LogP contribution < -0.4 is 4.74 Å². The molecule has 2 rings (SSSR count). The summed E-state index contributed by atoms with van der Waals surface area (Å²) in [4.78, 5) is 0. The van der Waals surface area contributed by atoms with E-state index in [1.807, 2.05) is 0 Å². The third kappa shape index (κ3) is 2.43. The minimum absolute atomic E-state index is 0.305. The first kappa shape index (κ1) is 12.8. The van der Waals surface area contributed by atoms with Crippen molar-refractivity contribution in [2.45, 2.75) is 6.18 Å². The molecule has 1 aromatic carbocycles. The Morgan fingerprint density at radius 3 is 2.50 bits per heavy atom. The Hall–Kier alpha value is -1.69. The lowest BCUT2D eigenvalue weighted by molar-refractivity contribution is -0.141. The summed E-state index contributed by atoms with van der Waals surface area (Å²) in [7, 11) is 1.45. The van der Waals surface area contributed by atoms with Gasteiger partial charge in [-0.2, -0.15) is 18.3 Å². The van der Waals surface area contributed by atoms with Crippen molar-refractivity contribution >= 4 is 11.6 Å². The topological polar surface area (TPSA) is 27.1 Å². The lowest BCUT2D eigenvalue weighted by Crippen LogP contribution is -2.07. The van der Waals surface area contributed by atoms with Crippen LogP contribution in [0.2, 0.25) is 5.02 Å². The Bertz CT molecular complexity index is 566. The molecule has 0 N–H and O–H groups in total. The molecule has 0 saturated heterocycles. The van der Waals surface area contributed by atoms with E-state index in [2.05, 4.69) is 5.10 Å². The lowest BCUT2D eigenvalue weighted by Gasteiger charge is -2.06. The molecule has 0 radical (unpaired) electrons. The number of aromatic nitrogens is 2. The molecule has 3 nitrogen and oxygen atoms in total. The van der Waals surface area contributed by atoms with Gasteiger partial charge in [0.2, 0.25) is 0 Å². The average molecular weight is 277 g/mol. The second kappa shape index (κ2) is 4.53. The molecule has 0 amide bonds. The van der Waals surface area contributed by atoms with Crippen LogP contribution in [-0.2, 0) is 6.18 Å². The maximum Gasteiger partial charge on any atom is 0.435 e. The molecular weight excluding hydrogens is 269 g/mol. The number of nitrogens with zero attached hydrogens (tertiary/aromatic N) is 2. The van der Waals surface area contributed by atoms with Gasteiger partial charge in [0.05, 0.1) is 17.8 Å². The summed E-state index contributed by atoms with van der Waals surface area (Å²) in [5.41, 5.74) is -0.522. The normalized spacial score (nSPS) is 11.6. The molecule has 1 heterocycles. The van der Waals surface area contributed by atoms with Crippen molar-refractivity contribution in [2.75, 3.05) is 7.11 Å². The van der Waals surface area contributed by atoms with Crippen molar-refractivity contribution in [1.29, 1.82) is 0 Å². The molecule has 0 bridgehead atoms. The first-order chi connectivity index (χ1) is 8.41. The molecular formula is C11H8ClF3N2O. The predicted molar refractivity (Wildman–Crippen MR) is 60.1 cm³/mol. The monoisotopic (exact) mass is 276 g/mol. The molecule has 0 aliphatic carbocycles. The molecule has 0 aliphatic rings. The Morgan fingerprint density at radius 2 is 2.00 bits per heavy atom. The van der Waals surface area contributed by atoms with Crippen LogP contribution in [0.1, 0.15) is 5.69 Å². The highest BCUT2D eigenvalue weighted by Gasteiger charge is 2.33. The summed E-state index contributed by atoms with van der Waals surface area (Å²) in [6.07, 6.45) is -3.23. The highest BCUT2D eigenvalue weighted by Crippen LogP contribution is 2.29. The molecule has 1 aromatic heterocycles. The number of alkyl halides is 3. The van der Waals surface area contributed by atoms with Crippen LogP contribution in [0.15, 0.2) is 30.5 Å². The van der Waals surface area contributed by atoms with Gasteiger partial charge in [0.1, 0.15) is 5.75 Å². The van der Waals surface area contributed by atoms with Crippen LogP contribution in [0.4, 0.5) is 13.2 Å². The van der Waals surface area contributed by atoms with Crippen LogP contribution in [0.5, 0.6) is 5.75 Å².